The third-order valence-corrected chi connectivity index (χ3v) is 5.58. The molecule has 1 N–H and O–H groups in total. The molecule has 0 aliphatic carbocycles. The Kier molecular flexibility index (Phi) is 4.92. The van der Waals surface area contributed by atoms with Gasteiger partial charge in [-0.1, -0.05) is 12.1 Å². The second-order valence-corrected chi connectivity index (χ2v) is 8.30. The van der Waals surface area contributed by atoms with E-state index in [9.17, 15) is 9.90 Å². The van der Waals surface area contributed by atoms with Crippen LogP contribution in [0.2, 0.25) is 0 Å². The largest absolute Gasteiger partial charge is 0.497 e. The van der Waals surface area contributed by atoms with Gasteiger partial charge in [0.25, 0.3) is 0 Å². The molecular formula is C20H30N2O4. The number of nitrogens with zero attached hydrogens (tertiary/aromatic N) is 2. The summed E-state index contributed by atoms with van der Waals surface area (Å²) in [7, 11) is 1.64. The SMILES string of the molecule is COc1ccc(CN2C(C)C3(CCCN3C(=O)OC(C)(C)C)C2O)cc1. The molecule has 144 valence electrons. The Labute approximate surface area is 155 Å². The fourth-order valence-corrected chi connectivity index (χ4v) is 4.23. The molecule has 3 atom stereocenters. The number of amides is 1. The summed E-state index contributed by atoms with van der Waals surface area (Å²) >= 11 is 0. The summed E-state index contributed by atoms with van der Waals surface area (Å²) in [5, 5.41) is 11.0. The third kappa shape index (κ3) is 3.16. The van der Waals surface area contributed by atoms with Crippen LogP contribution in [-0.4, -0.2) is 58.1 Å². The van der Waals surface area contributed by atoms with Crippen LogP contribution in [0.25, 0.3) is 0 Å². The molecule has 0 aromatic heterocycles. The normalized spacial score (nSPS) is 28.9. The Hall–Kier alpha value is -1.79. The molecule has 2 saturated heterocycles. The summed E-state index contributed by atoms with van der Waals surface area (Å²) < 4.78 is 10.8. The van der Waals surface area contributed by atoms with E-state index in [0.29, 0.717) is 13.1 Å². The Balaban J connectivity index is 1.72. The van der Waals surface area contributed by atoms with Crippen LogP contribution in [0.1, 0.15) is 46.1 Å². The molecule has 2 aliphatic rings. The van der Waals surface area contributed by atoms with Crippen LogP contribution in [0.3, 0.4) is 0 Å². The van der Waals surface area contributed by atoms with E-state index in [4.69, 9.17) is 9.47 Å². The van der Waals surface area contributed by atoms with Crippen LogP contribution < -0.4 is 4.74 Å². The van der Waals surface area contributed by atoms with Crippen molar-refractivity contribution in [2.45, 2.75) is 70.5 Å². The number of carbonyl (C=O) groups is 1. The minimum Gasteiger partial charge on any atom is -0.497 e. The first-order chi connectivity index (χ1) is 12.2. The minimum absolute atomic E-state index is 0.0645. The summed E-state index contributed by atoms with van der Waals surface area (Å²) in [6.07, 6.45) is 0.671. The highest BCUT2D eigenvalue weighted by atomic mass is 16.6. The van der Waals surface area contributed by atoms with Gasteiger partial charge in [0, 0.05) is 19.1 Å². The average Bonchev–Trinajstić information content (AvgIpc) is 3.05. The van der Waals surface area contributed by atoms with Gasteiger partial charge in [-0.3, -0.25) is 9.80 Å². The number of likely N-dealkylation sites (tertiary alicyclic amines) is 2. The van der Waals surface area contributed by atoms with Crippen LogP contribution in [0, 0.1) is 0 Å². The van der Waals surface area contributed by atoms with Crippen LogP contribution in [0.4, 0.5) is 4.79 Å². The van der Waals surface area contributed by atoms with Gasteiger partial charge in [-0.25, -0.2) is 4.79 Å². The van der Waals surface area contributed by atoms with Crippen molar-refractivity contribution in [2.75, 3.05) is 13.7 Å². The van der Waals surface area contributed by atoms with E-state index in [1.54, 1.807) is 12.0 Å². The molecule has 1 amide bonds. The lowest BCUT2D eigenvalue weighted by molar-refractivity contribution is -0.230. The maximum atomic E-state index is 12.7. The Morgan fingerprint density at radius 1 is 1.31 bits per heavy atom. The van der Waals surface area contributed by atoms with Gasteiger partial charge < -0.3 is 14.6 Å². The van der Waals surface area contributed by atoms with E-state index < -0.39 is 17.4 Å². The third-order valence-electron chi connectivity index (χ3n) is 5.58. The Bertz CT molecular complexity index is 643. The molecule has 0 saturated carbocycles. The molecule has 2 heterocycles. The molecule has 0 radical (unpaired) electrons. The molecule has 1 aromatic rings. The Morgan fingerprint density at radius 3 is 2.50 bits per heavy atom. The van der Waals surface area contributed by atoms with Crippen LogP contribution >= 0.6 is 0 Å². The van der Waals surface area contributed by atoms with E-state index in [1.165, 1.54) is 0 Å². The summed E-state index contributed by atoms with van der Waals surface area (Å²) in [5.41, 5.74) is 0.0180. The molecule has 1 spiro atoms. The zero-order valence-corrected chi connectivity index (χ0v) is 16.4. The lowest BCUT2D eigenvalue weighted by atomic mass is 9.76. The number of hydrogen-bond acceptors (Lipinski definition) is 5. The topological polar surface area (TPSA) is 62.2 Å². The van der Waals surface area contributed by atoms with E-state index >= 15 is 0 Å². The molecule has 1 aromatic carbocycles. The lowest BCUT2D eigenvalue weighted by Crippen LogP contribution is -2.79. The van der Waals surface area contributed by atoms with Gasteiger partial charge in [-0.15, -0.1) is 0 Å². The van der Waals surface area contributed by atoms with Gasteiger partial charge in [-0.05, 0) is 58.2 Å². The molecular weight excluding hydrogens is 332 g/mol. The van der Waals surface area contributed by atoms with Crippen molar-refractivity contribution in [1.29, 1.82) is 0 Å². The van der Waals surface area contributed by atoms with Crippen LogP contribution in [0.15, 0.2) is 24.3 Å². The second-order valence-electron chi connectivity index (χ2n) is 8.30. The molecule has 6 heteroatoms. The van der Waals surface area contributed by atoms with Gasteiger partial charge in [0.2, 0.25) is 0 Å². The summed E-state index contributed by atoms with van der Waals surface area (Å²) in [5.74, 6) is 0.814. The van der Waals surface area contributed by atoms with E-state index in [2.05, 4.69) is 6.92 Å². The average molecular weight is 362 g/mol. The lowest BCUT2D eigenvalue weighted by Gasteiger charge is -2.61. The number of benzene rings is 1. The number of hydrogen-bond donors (Lipinski definition) is 1. The van der Waals surface area contributed by atoms with Crippen molar-refractivity contribution < 1.29 is 19.4 Å². The number of carbonyl (C=O) groups excluding carboxylic acids is 1. The van der Waals surface area contributed by atoms with Gasteiger partial charge in [0.05, 0.1) is 7.11 Å². The molecule has 2 fully saturated rings. The standard InChI is InChI=1S/C20H30N2O4/c1-14-20(11-6-12-22(20)18(24)26-19(2,3)4)17(23)21(14)13-15-7-9-16(25-5)10-8-15/h7-10,14,17,23H,6,11-13H2,1-5H3. The molecule has 0 bridgehead atoms. The number of rotatable bonds is 3. The van der Waals surface area contributed by atoms with Crippen molar-refractivity contribution in [1.82, 2.24) is 9.80 Å². The van der Waals surface area contributed by atoms with Gasteiger partial charge in [-0.2, -0.15) is 0 Å². The highest BCUT2D eigenvalue weighted by molar-refractivity contribution is 5.70. The van der Waals surface area contributed by atoms with Gasteiger partial charge in [0.15, 0.2) is 0 Å². The molecule has 3 rings (SSSR count). The fourth-order valence-electron chi connectivity index (χ4n) is 4.23. The Morgan fingerprint density at radius 2 is 1.96 bits per heavy atom. The van der Waals surface area contributed by atoms with Crippen molar-refractivity contribution in [3.05, 3.63) is 29.8 Å². The van der Waals surface area contributed by atoms with Crippen molar-refractivity contribution in [3.8, 4) is 5.75 Å². The van der Waals surface area contributed by atoms with Gasteiger partial charge in [0.1, 0.15) is 23.1 Å². The first kappa shape index (κ1) is 19.0. The smallest absolute Gasteiger partial charge is 0.410 e. The quantitative estimate of drug-likeness (QED) is 0.896. The zero-order chi connectivity index (χ0) is 19.1. The number of methoxy groups -OCH3 is 1. The fraction of sp³-hybridized carbons (Fsp3) is 0.650. The predicted octanol–water partition coefficient (Wildman–Crippen LogP) is 2.99. The highest BCUT2D eigenvalue weighted by Gasteiger charge is 2.64. The van der Waals surface area contributed by atoms with E-state index in [0.717, 1.165) is 24.2 Å². The second kappa shape index (κ2) is 6.74. The maximum Gasteiger partial charge on any atom is 0.410 e. The number of aliphatic hydroxyl groups is 1. The van der Waals surface area contributed by atoms with Crippen molar-refractivity contribution in [3.63, 3.8) is 0 Å². The summed E-state index contributed by atoms with van der Waals surface area (Å²) in [6, 6.07) is 7.91. The first-order valence-corrected chi connectivity index (χ1v) is 9.26. The van der Waals surface area contributed by atoms with Gasteiger partial charge >= 0.3 is 6.09 Å². The summed E-state index contributed by atoms with van der Waals surface area (Å²) in [4.78, 5) is 16.4. The number of aliphatic hydroxyl groups excluding tert-OH is 1. The molecule has 6 nitrogen and oxygen atoms in total. The van der Waals surface area contributed by atoms with Crippen LogP contribution in [0.5, 0.6) is 5.75 Å². The van der Waals surface area contributed by atoms with Crippen molar-refractivity contribution >= 4 is 6.09 Å². The maximum absolute atomic E-state index is 12.7. The highest BCUT2D eigenvalue weighted by Crippen LogP contribution is 2.48. The van der Waals surface area contributed by atoms with E-state index in [-0.39, 0.29) is 12.1 Å². The zero-order valence-electron chi connectivity index (χ0n) is 16.4. The first-order valence-electron chi connectivity index (χ1n) is 9.26. The van der Waals surface area contributed by atoms with E-state index in [1.807, 2.05) is 49.9 Å². The number of ether oxygens (including phenoxy) is 2. The monoisotopic (exact) mass is 362 g/mol. The van der Waals surface area contributed by atoms with Crippen LogP contribution in [-0.2, 0) is 11.3 Å². The van der Waals surface area contributed by atoms with Crippen molar-refractivity contribution in [2.24, 2.45) is 0 Å². The minimum atomic E-state index is -0.686. The summed E-state index contributed by atoms with van der Waals surface area (Å²) in [6.45, 7) is 8.95. The predicted molar refractivity (Wildman–Crippen MR) is 98.9 cm³/mol. The molecule has 2 aliphatic heterocycles. The molecule has 26 heavy (non-hydrogen) atoms. The molecule has 3 unspecified atom stereocenters.